The topological polar surface area (TPSA) is 79.7 Å². The summed E-state index contributed by atoms with van der Waals surface area (Å²) >= 11 is 1.87. The smallest absolute Gasteiger partial charge is 0.267 e. The van der Waals surface area contributed by atoms with Crippen molar-refractivity contribution in [2.45, 2.75) is 37.6 Å². The number of hydrogen-bond acceptors (Lipinski definition) is 6. The first-order valence-electron chi connectivity index (χ1n) is 9.02. The molecule has 5 rings (SSSR count). The van der Waals surface area contributed by atoms with Gasteiger partial charge in [-0.25, -0.2) is 14.6 Å². The molecule has 0 bridgehead atoms. The van der Waals surface area contributed by atoms with E-state index in [4.69, 9.17) is 0 Å². The molecule has 3 aromatic heterocycles. The van der Waals surface area contributed by atoms with Crippen molar-refractivity contribution in [2.75, 3.05) is 17.2 Å². The van der Waals surface area contributed by atoms with Crippen LogP contribution in [0.1, 0.15) is 24.1 Å². The van der Waals surface area contributed by atoms with Crippen molar-refractivity contribution in [3.05, 3.63) is 46.3 Å². The molecule has 134 valence electrons. The number of aromatic nitrogens is 5. The predicted molar refractivity (Wildman–Crippen MR) is 103 cm³/mol. The van der Waals surface area contributed by atoms with Crippen LogP contribution in [0.2, 0.25) is 0 Å². The van der Waals surface area contributed by atoms with Crippen molar-refractivity contribution < 1.29 is 0 Å². The molecule has 1 saturated heterocycles. The fourth-order valence-corrected chi connectivity index (χ4v) is 4.93. The zero-order chi connectivity index (χ0) is 17.5. The second kappa shape index (κ2) is 6.42. The molecule has 0 amide bonds. The maximum atomic E-state index is 12.5. The van der Waals surface area contributed by atoms with E-state index in [1.165, 1.54) is 0 Å². The van der Waals surface area contributed by atoms with Crippen LogP contribution in [0, 0.1) is 0 Å². The minimum absolute atomic E-state index is 0.00702. The first kappa shape index (κ1) is 15.9. The van der Waals surface area contributed by atoms with E-state index in [9.17, 15) is 4.79 Å². The van der Waals surface area contributed by atoms with Crippen LogP contribution >= 0.6 is 11.8 Å². The highest BCUT2D eigenvalue weighted by molar-refractivity contribution is 7.98. The summed E-state index contributed by atoms with van der Waals surface area (Å²) in [6.07, 6.45) is 6.57. The number of thioether (sulfide) groups is 1. The van der Waals surface area contributed by atoms with Crippen molar-refractivity contribution in [3.8, 4) is 0 Å². The Bertz CT molecular complexity index is 1010. The molecule has 26 heavy (non-hydrogen) atoms. The summed E-state index contributed by atoms with van der Waals surface area (Å²) < 4.78 is 1.66. The van der Waals surface area contributed by atoms with Crippen LogP contribution in [0.4, 0.5) is 5.82 Å². The molecular weight excluding hydrogens is 348 g/mol. The zero-order valence-corrected chi connectivity index (χ0v) is 15.2. The molecule has 1 N–H and O–H groups in total. The van der Waals surface area contributed by atoms with Crippen molar-refractivity contribution in [3.63, 3.8) is 0 Å². The van der Waals surface area contributed by atoms with Crippen molar-refractivity contribution in [1.29, 1.82) is 0 Å². The van der Waals surface area contributed by atoms with Gasteiger partial charge in [0.2, 0.25) is 0 Å². The van der Waals surface area contributed by atoms with E-state index >= 15 is 0 Å². The Balaban J connectivity index is 1.47. The lowest BCUT2D eigenvalue weighted by molar-refractivity contribution is 0.480. The number of rotatable bonds is 3. The van der Waals surface area contributed by atoms with Gasteiger partial charge in [0.15, 0.2) is 0 Å². The van der Waals surface area contributed by atoms with Crippen molar-refractivity contribution in [1.82, 2.24) is 24.7 Å². The normalized spacial score (nSPS) is 19.8. The van der Waals surface area contributed by atoms with Gasteiger partial charge in [-0.1, -0.05) is 0 Å². The SMILES string of the molecule is O=c1cc2c(nn1CC1CCCN1c1ncnc3[nH]ccc13)CCSC2. The molecule has 8 heteroatoms. The summed E-state index contributed by atoms with van der Waals surface area (Å²) in [7, 11) is 0. The molecule has 1 fully saturated rings. The molecule has 1 unspecified atom stereocenters. The Hall–Kier alpha value is -2.35. The zero-order valence-electron chi connectivity index (χ0n) is 14.4. The average Bonchev–Trinajstić information content (AvgIpc) is 3.31. The van der Waals surface area contributed by atoms with Gasteiger partial charge in [-0.05, 0) is 30.2 Å². The molecule has 1 atom stereocenters. The highest BCUT2D eigenvalue weighted by Gasteiger charge is 2.28. The van der Waals surface area contributed by atoms with Gasteiger partial charge in [-0.3, -0.25) is 4.79 Å². The Morgan fingerprint density at radius 3 is 3.27 bits per heavy atom. The average molecular weight is 368 g/mol. The summed E-state index contributed by atoms with van der Waals surface area (Å²) in [5.74, 6) is 2.93. The number of nitrogens with zero attached hydrogens (tertiary/aromatic N) is 5. The van der Waals surface area contributed by atoms with Gasteiger partial charge < -0.3 is 9.88 Å². The molecule has 2 aliphatic rings. The summed E-state index contributed by atoms with van der Waals surface area (Å²) in [5, 5.41) is 5.71. The molecule has 0 radical (unpaired) electrons. The molecule has 0 spiro atoms. The van der Waals surface area contributed by atoms with Gasteiger partial charge in [0, 0.05) is 31.0 Å². The highest BCUT2D eigenvalue weighted by atomic mass is 32.2. The molecule has 0 aromatic carbocycles. The second-order valence-corrected chi connectivity index (χ2v) is 7.97. The van der Waals surface area contributed by atoms with Crippen LogP contribution in [0.5, 0.6) is 0 Å². The predicted octanol–water partition coefficient (Wildman–Crippen LogP) is 1.97. The van der Waals surface area contributed by atoms with E-state index in [2.05, 4.69) is 25.0 Å². The molecule has 0 saturated carbocycles. The summed E-state index contributed by atoms with van der Waals surface area (Å²) in [6, 6.07) is 4.02. The van der Waals surface area contributed by atoms with Gasteiger partial charge in [0.1, 0.15) is 17.8 Å². The van der Waals surface area contributed by atoms with Gasteiger partial charge in [0.25, 0.3) is 5.56 Å². The fourth-order valence-electron chi connectivity index (χ4n) is 3.97. The molecule has 0 aliphatic carbocycles. The number of aromatic amines is 1. The number of aryl methyl sites for hydroxylation is 1. The van der Waals surface area contributed by atoms with E-state index in [1.54, 1.807) is 17.1 Å². The largest absolute Gasteiger partial charge is 0.351 e. The molecular formula is C18H20N6OS. The Morgan fingerprint density at radius 2 is 2.31 bits per heavy atom. The van der Waals surface area contributed by atoms with E-state index in [-0.39, 0.29) is 11.6 Å². The van der Waals surface area contributed by atoms with Gasteiger partial charge in [-0.15, -0.1) is 0 Å². The number of H-pyrrole nitrogens is 1. The summed E-state index contributed by atoms with van der Waals surface area (Å²) in [6.45, 7) is 1.55. The minimum Gasteiger partial charge on any atom is -0.351 e. The van der Waals surface area contributed by atoms with Gasteiger partial charge >= 0.3 is 0 Å². The number of nitrogens with one attached hydrogen (secondary N) is 1. The third-order valence-corrected chi connectivity index (χ3v) is 6.28. The maximum Gasteiger partial charge on any atom is 0.267 e. The van der Waals surface area contributed by atoms with Crippen LogP contribution < -0.4 is 10.5 Å². The quantitative estimate of drug-likeness (QED) is 0.761. The first-order valence-corrected chi connectivity index (χ1v) is 10.2. The van der Waals surface area contributed by atoms with Crippen molar-refractivity contribution in [2.24, 2.45) is 0 Å². The fraction of sp³-hybridized carbons (Fsp3) is 0.444. The number of anilines is 1. The van der Waals surface area contributed by atoms with E-state index < -0.39 is 0 Å². The lowest BCUT2D eigenvalue weighted by Gasteiger charge is -2.26. The molecule has 5 heterocycles. The number of fused-ring (bicyclic) bond motifs is 2. The van der Waals surface area contributed by atoms with Crippen LogP contribution in [-0.2, 0) is 18.7 Å². The highest BCUT2D eigenvalue weighted by Crippen LogP contribution is 2.29. The molecule has 2 aliphatic heterocycles. The third-order valence-electron chi connectivity index (χ3n) is 5.27. The first-order chi connectivity index (χ1) is 12.8. The summed E-state index contributed by atoms with van der Waals surface area (Å²) in [5.41, 5.74) is 3.05. The Kier molecular flexibility index (Phi) is 3.92. The number of hydrogen-bond donors (Lipinski definition) is 1. The monoisotopic (exact) mass is 368 g/mol. The molecule has 3 aromatic rings. The summed E-state index contributed by atoms with van der Waals surface area (Å²) in [4.78, 5) is 26.8. The van der Waals surface area contributed by atoms with Crippen LogP contribution in [0.3, 0.4) is 0 Å². The molecule has 7 nitrogen and oxygen atoms in total. The van der Waals surface area contributed by atoms with E-state index in [0.717, 1.165) is 65.4 Å². The van der Waals surface area contributed by atoms with Crippen LogP contribution in [-0.4, -0.2) is 43.1 Å². The van der Waals surface area contributed by atoms with E-state index in [0.29, 0.717) is 6.54 Å². The van der Waals surface area contributed by atoms with Gasteiger partial charge in [0.05, 0.1) is 23.7 Å². The Morgan fingerprint density at radius 1 is 1.35 bits per heavy atom. The van der Waals surface area contributed by atoms with Gasteiger partial charge in [-0.2, -0.15) is 16.9 Å². The van der Waals surface area contributed by atoms with Crippen molar-refractivity contribution >= 4 is 28.6 Å². The van der Waals surface area contributed by atoms with Crippen LogP contribution in [0.25, 0.3) is 11.0 Å². The third kappa shape index (κ3) is 2.68. The van der Waals surface area contributed by atoms with E-state index in [1.807, 2.05) is 24.0 Å². The lowest BCUT2D eigenvalue weighted by atomic mass is 10.2. The standard InChI is InChI=1S/C18H20N6OS/c25-16-8-12-10-26-7-4-15(12)22-24(16)9-13-2-1-6-23(13)18-14-3-5-19-17(14)20-11-21-18/h3,5,8,11,13H,1-2,4,6-7,9-10H2,(H,19,20,21). The van der Waals surface area contributed by atoms with Crippen LogP contribution in [0.15, 0.2) is 29.5 Å². The lowest BCUT2D eigenvalue weighted by Crippen LogP contribution is -2.38. The Labute approximate surface area is 154 Å². The second-order valence-electron chi connectivity index (χ2n) is 6.87. The minimum atomic E-state index is 0.00702. The maximum absolute atomic E-state index is 12.5.